The summed E-state index contributed by atoms with van der Waals surface area (Å²) >= 11 is 0. The highest BCUT2D eigenvalue weighted by Crippen LogP contribution is 2.13. The molecule has 2 rings (SSSR count). The lowest BCUT2D eigenvalue weighted by Gasteiger charge is -2.23. The predicted octanol–water partition coefficient (Wildman–Crippen LogP) is 2.01. The van der Waals surface area contributed by atoms with E-state index in [4.69, 9.17) is 4.74 Å². The van der Waals surface area contributed by atoms with Crippen molar-refractivity contribution in [1.82, 2.24) is 5.32 Å². The van der Waals surface area contributed by atoms with Gasteiger partial charge in [-0.05, 0) is 49.9 Å². The Morgan fingerprint density at radius 3 is 2.47 bits per heavy atom. The van der Waals surface area contributed by atoms with Gasteiger partial charge >= 0.3 is 0 Å². The Morgan fingerprint density at radius 1 is 1.21 bits per heavy atom. The van der Waals surface area contributed by atoms with Crippen LogP contribution in [0.4, 0.5) is 5.69 Å². The molecule has 0 atom stereocenters. The number of nitrogens with one attached hydrogen (secondary N) is 2. The van der Waals surface area contributed by atoms with E-state index in [9.17, 15) is 4.79 Å². The van der Waals surface area contributed by atoms with Crippen molar-refractivity contribution >= 4 is 11.6 Å². The van der Waals surface area contributed by atoms with Crippen LogP contribution in [0, 0.1) is 13.8 Å². The molecule has 1 saturated heterocycles. The topological polar surface area (TPSA) is 50.4 Å². The number of hydrogen-bond donors (Lipinski definition) is 2. The first-order valence-electron chi connectivity index (χ1n) is 6.83. The summed E-state index contributed by atoms with van der Waals surface area (Å²) in [5.41, 5.74) is 3.40. The van der Waals surface area contributed by atoms with E-state index in [1.54, 1.807) is 0 Å². The van der Waals surface area contributed by atoms with Crippen LogP contribution in [0.2, 0.25) is 0 Å². The second-order valence-corrected chi connectivity index (χ2v) is 5.18. The number of carbonyl (C=O) groups excluding carboxylic acids is 1. The van der Waals surface area contributed by atoms with Gasteiger partial charge in [-0.1, -0.05) is 6.07 Å². The average molecular weight is 262 g/mol. The third kappa shape index (κ3) is 4.56. The molecule has 0 saturated carbocycles. The van der Waals surface area contributed by atoms with Crippen molar-refractivity contribution < 1.29 is 9.53 Å². The molecule has 0 spiro atoms. The molecule has 1 aliphatic heterocycles. The lowest BCUT2D eigenvalue weighted by molar-refractivity contribution is -0.120. The van der Waals surface area contributed by atoms with E-state index in [1.165, 1.54) is 11.1 Å². The largest absolute Gasteiger partial charge is 0.381 e. The molecule has 19 heavy (non-hydrogen) atoms. The minimum atomic E-state index is 0.0473. The van der Waals surface area contributed by atoms with Crippen molar-refractivity contribution in [3.63, 3.8) is 0 Å². The molecule has 1 amide bonds. The van der Waals surface area contributed by atoms with Crippen LogP contribution in [-0.4, -0.2) is 31.7 Å². The standard InChI is InChI=1S/C15H22N2O2/c1-11-7-12(2)9-14(8-11)16-10-15(18)17-13-3-5-19-6-4-13/h7-9,13,16H,3-6,10H2,1-2H3,(H,17,18). The summed E-state index contributed by atoms with van der Waals surface area (Å²) in [6.45, 7) is 5.92. The maximum atomic E-state index is 11.8. The van der Waals surface area contributed by atoms with Gasteiger partial charge in [0.05, 0.1) is 6.54 Å². The SMILES string of the molecule is Cc1cc(C)cc(NCC(=O)NC2CCOCC2)c1. The fourth-order valence-electron chi connectivity index (χ4n) is 2.38. The van der Waals surface area contributed by atoms with Gasteiger partial charge in [-0.3, -0.25) is 4.79 Å². The van der Waals surface area contributed by atoms with Crippen molar-refractivity contribution in [2.24, 2.45) is 0 Å². The molecule has 0 radical (unpaired) electrons. The van der Waals surface area contributed by atoms with Crippen LogP contribution in [0.5, 0.6) is 0 Å². The smallest absolute Gasteiger partial charge is 0.239 e. The molecule has 0 bridgehead atoms. The van der Waals surface area contributed by atoms with E-state index in [0.29, 0.717) is 6.54 Å². The summed E-state index contributed by atoms with van der Waals surface area (Å²) in [5.74, 6) is 0.0473. The molecular formula is C15H22N2O2. The van der Waals surface area contributed by atoms with Gasteiger partial charge in [-0.2, -0.15) is 0 Å². The molecule has 1 aliphatic rings. The second kappa shape index (κ2) is 6.57. The van der Waals surface area contributed by atoms with Crippen molar-refractivity contribution in [2.75, 3.05) is 25.1 Å². The van der Waals surface area contributed by atoms with Crippen LogP contribution in [0.3, 0.4) is 0 Å². The summed E-state index contributed by atoms with van der Waals surface area (Å²) in [7, 11) is 0. The van der Waals surface area contributed by atoms with Crippen molar-refractivity contribution in [2.45, 2.75) is 32.7 Å². The van der Waals surface area contributed by atoms with Gasteiger partial charge in [0.1, 0.15) is 0 Å². The highest BCUT2D eigenvalue weighted by Gasteiger charge is 2.15. The highest BCUT2D eigenvalue weighted by molar-refractivity contribution is 5.81. The summed E-state index contributed by atoms with van der Waals surface area (Å²) in [4.78, 5) is 11.8. The maximum absolute atomic E-state index is 11.8. The Kier molecular flexibility index (Phi) is 4.80. The molecule has 0 aromatic heterocycles. The summed E-state index contributed by atoms with van der Waals surface area (Å²) in [6, 6.07) is 6.48. The minimum Gasteiger partial charge on any atom is -0.381 e. The molecule has 1 heterocycles. The first kappa shape index (κ1) is 13.9. The first-order chi connectivity index (χ1) is 9.13. The molecule has 1 aromatic rings. The van der Waals surface area contributed by atoms with Crippen molar-refractivity contribution in [1.29, 1.82) is 0 Å². The average Bonchev–Trinajstić information content (AvgIpc) is 2.36. The Hall–Kier alpha value is -1.55. The molecular weight excluding hydrogens is 240 g/mol. The van der Waals surface area contributed by atoms with E-state index in [2.05, 4.69) is 42.7 Å². The fourth-order valence-corrected chi connectivity index (χ4v) is 2.38. The van der Waals surface area contributed by atoms with Crippen LogP contribution in [-0.2, 0) is 9.53 Å². The molecule has 0 aliphatic carbocycles. The van der Waals surface area contributed by atoms with Gasteiger partial charge in [0.15, 0.2) is 0 Å². The number of hydrogen-bond acceptors (Lipinski definition) is 3. The normalized spacial score (nSPS) is 16.1. The van der Waals surface area contributed by atoms with Crippen LogP contribution in [0.25, 0.3) is 0 Å². The van der Waals surface area contributed by atoms with E-state index >= 15 is 0 Å². The van der Waals surface area contributed by atoms with Crippen molar-refractivity contribution in [3.8, 4) is 0 Å². The number of carbonyl (C=O) groups is 1. The number of aryl methyl sites for hydroxylation is 2. The van der Waals surface area contributed by atoms with Crippen LogP contribution < -0.4 is 10.6 Å². The number of amides is 1. The molecule has 1 fully saturated rings. The lowest BCUT2D eigenvalue weighted by atomic mass is 10.1. The zero-order chi connectivity index (χ0) is 13.7. The monoisotopic (exact) mass is 262 g/mol. The Morgan fingerprint density at radius 2 is 1.84 bits per heavy atom. The van der Waals surface area contributed by atoms with E-state index in [-0.39, 0.29) is 11.9 Å². The zero-order valence-corrected chi connectivity index (χ0v) is 11.7. The van der Waals surface area contributed by atoms with Crippen molar-refractivity contribution in [3.05, 3.63) is 29.3 Å². The maximum Gasteiger partial charge on any atom is 0.239 e. The number of rotatable bonds is 4. The second-order valence-electron chi connectivity index (χ2n) is 5.18. The van der Waals surface area contributed by atoms with Gasteiger partial charge in [0.2, 0.25) is 5.91 Å². The Bertz CT molecular complexity index is 420. The summed E-state index contributed by atoms with van der Waals surface area (Å²) in [6.07, 6.45) is 1.82. The Balaban J connectivity index is 1.79. The first-order valence-corrected chi connectivity index (χ1v) is 6.83. The number of benzene rings is 1. The van der Waals surface area contributed by atoms with Gasteiger partial charge in [-0.15, -0.1) is 0 Å². The summed E-state index contributed by atoms with van der Waals surface area (Å²) < 4.78 is 5.27. The molecule has 1 aromatic carbocycles. The van der Waals surface area contributed by atoms with E-state index < -0.39 is 0 Å². The third-order valence-electron chi connectivity index (χ3n) is 3.26. The number of anilines is 1. The molecule has 2 N–H and O–H groups in total. The molecule has 104 valence electrons. The summed E-state index contributed by atoms with van der Waals surface area (Å²) in [5, 5.41) is 6.21. The zero-order valence-electron chi connectivity index (χ0n) is 11.7. The number of ether oxygens (including phenoxy) is 1. The van der Waals surface area contributed by atoms with Crippen LogP contribution >= 0.6 is 0 Å². The third-order valence-corrected chi connectivity index (χ3v) is 3.26. The fraction of sp³-hybridized carbons (Fsp3) is 0.533. The van der Waals surface area contributed by atoms with E-state index in [0.717, 1.165) is 31.7 Å². The van der Waals surface area contributed by atoms with Crippen LogP contribution in [0.1, 0.15) is 24.0 Å². The van der Waals surface area contributed by atoms with E-state index in [1.807, 2.05) is 0 Å². The van der Waals surface area contributed by atoms with Gasteiger partial charge in [-0.25, -0.2) is 0 Å². The quantitative estimate of drug-likeness (QED) is 0.872. The highest BCUT2D eigenvalue weighted by atomic mass is 16.5. The molecule has 0 unspecified atom stereocenters. The van der Waals surface area contributed by atoms with Gasteiger partial charge < -0.3 is 15.4 Å². The van der Waals surface area contributed by atoms with Gasteiger partial charge in [0, 0.05) is 24.9 Å². The molecule has 4 heteroatoms. The lowest BCUT2D eigenvalue weighted by Crippen LogP contribution is -2.41. The van der Waals surface area contributed by atoms with Gasteiger partial charge in [0.25, 0.3) is 0 Å². The minimum absolute atomic E-state index is 0.0473. The predicted molar refractivity (Wildman–Crippen MR) is 76.4 cm³/mol. The van der Waals surface area contributed by atoms with Crippen LogP contribution in [0.15, 0.2) is 18.2 Å². The Labute approximate surface area is 114 Å². The molecule has 4 nitrogen and oxygen atoms in total.